The average Bonchev–Trinajstić information content (AvgIpc) is 3.20. The maximum Gasteiger partial charge on any atom is 0.205 e. The molecule has 0 aromatic heterocycles. The van der Waals surface area contributed by atoms with E-state index in [-0.39, 0.29) is 5.75 Å². The highest BCUT2D eigenvalue weighted by molar-refractivity contribution is 8.27. The second kappa shape index (κ2) is 7.35. The second-order valence-electron chi connectivity index (χ2n) is 6.52. The minimum absolute atomic E-state index is 0.186. The highest BCUT2D eigenvalue weighted by Crippen LogP contribution is 2.40. The van der Waals surface area contributed by atoms with Crippen molar-refractivity contribution in [1.82, 2.24) is 5.01 Å². The lowest BCUT2D eigenvalue weighted by atomic mass is 10.1. The molecule has 1 atom stereocenters. The van der Waals surface area contributed by atoms with Gasteiger partial charge in [-0.1, -0.05) is 66.7 Å². The van der Waals surface area contributed by atoms with Gasteiger partial charge in [0.25, 0.3) is 0 Å². The fraction of sp³-hybridized carbons (Fsp3) is 0.0455. The molecule has 0 aliphatic carbocycles. The third-order valence-electron chi connectivity index (χ3n) is 4.69. The number of amidine groups is 1. The first-order chi connectivity index (χ1) is 14.2. The van der Waals surface area contributed by atoms with E-state index in [1.807, 2.05) is 77.7 Å². The summed E-state index contributed by atoms with van der Waals surface area (Å²) in [6.07, 6.45) is -0.477. The van der Waals surface area contributed by atoms with E-state index >= 15 is 0 Å². The summed E-state index contributed by atoms with van der Waals surface area (Å²) in [6, 6.07) is 27.0. The van der Waals surface area contributed by atoms with Crippen LogP contribution < -0.4 is 4.90 Å². The molecule has 3 aromatic rings. The molecule has 7 heteroatoms. The van der Waals surface area contributed by atoms with Crippen LogP contribution in [0.15, 0.2) is 95.0 Å². The highest BCUT2D eigenvalue weighted by Gasteiger charge is 2.39. The highest BCUT2D eigenvalue weighted by atomic mass is 32.2. The molecular formula is C22H16N4OS2. The third-order valence-corrected chi connectivity index (χ3v) is 6.04. The molecule has 2 aliphatic heterocycles. The van der Waals surface area contributed by atoms with Gasteiger partial charge in [0.1, 0.15) is 10.8 Å². The molecule has 0 bridgehead atoms. The summed E-state index contributed by atoms with van der Waals surface area (Å²) in [5.74, 6) is 0.186. The van der Waals surface area contributed by atoms with Gasteiger partial charge in [-0.25, -0.2) is 4.99 Å². The third kappa shape index (κ3) is 3.18. The van der Waals surface area contributed by atoms with Gasteiger partial charge in [-0.05, 0) is 42.2 Å². The largest absolute Gasteiger partial charge is 0.508 e. The van der Waals surface area contributed by atoms with Crippen LogP contribution >= 0.6 is 24.0 Å². The summed E-state index contributed by atoms with van der Waals surface area (Å²) in [4.78, 5) is 6.85. The topological polar surface area (TPSA) is 51.4 Å². The molecule has 0 spiro atoms. The van der Waals surface area contributed by atoms with E-state index in [0.29, 0.717) is 15.8 Å². The summed E-state index contributed by atoms with van der Waals surface area (Å²) in [7, 11) is 0. The van der Waals surface area contributed by atoms with E-state index in [1.165, 1.54) is 11.8 Å². The van der Waals surface area contributed by atoms with Crippen molar-refractivity contribution in [3.8, 4) is 5.75 Å². The van der Waals surface area contributed by atoms with Crippen LogP contribution in [0.2, 0.25) is 0 Å². The predicted molar refractivity (Wildman–Crippen MR) is 122 cm³/mol. The molecule has 0 amide bonds. The Hall–Kier alpha value is -3.16. The zero-order chi connectivity index (χ0) is 19.8. The Kier molecular flexibility index (Phi) is 4.54. The summed E-state index contributed by atoms with van der Waals surface area (Å²) < 4.78 is 0. The van der Waals surface area contributed by atoms with Crippen molar-refractivity contribution in [3.05, 3.63) is 96.1 Å². The van der Waals surface area contributed by atoms with Gasteiger partial charge in [0, 0.05) is 16.8 Å². The molecule has 2 aliphatic rings. The molecule has 142 valence electrons. The van der Waals surface area contributed by atoms with Gasteiger partial charge in [0.2, 0.25) is 5.11 Å². The average molecular weight is 417 g/mol. The van der Waals surface area contributed by atoms with Crippen LogP contribution in [0.1, 0.15) is 17.3 Å². The number of phenols is 1. The summed E-state index contributed by atoms with van der Waals surface area (Å²) in [6.45, 7) is 0. The lowest BCUT2D eigenvalue weighted by molar-refractivity contribution is 0.460. The van der Waals surface area contributed by atoms with Crippen LogP contribution in [0.4, 0.5) is 5.69 Å². The van der Waals surface area contributed by atoms with Gasteiger partial charge in [-0.2, -0.15) is 10.1 Å². The molecule has 1 N–H and O–H groups in total. The van der Waals surface area contributed by atoms with Crippen molar-refractivity contribution in [3.63, 3.8) is 0 Å². The van der Waals surface area contributed by atoms with Gasteiger partial charge in [0.15, 0.2) is 11.3 Å². The maximum absolute atomic E-state index is 10.5. The van der Waals surface area contributed by atoms with Crippen LogP contribution in [-0.4, -0.2) is 25.4 Å². The molecular weight excluding hydrogens is 400 g/mol. The van der Waals surface area contributed by atoms with Crippen molar-refractivity contribution in [1.29, 1.82) is 0 Å². The number of para-hydroxylation sites is 2. The Labute approximate surface area is 178 Å². The number of nitrogens with zero attached hydrogens (tertiary/aromatic N) is 4. The first-order valence-corrected chi connectivity index (χ1v) is 10.3. The van der Waals surface area contributed by atoms with Gasteiger partial charge in [-0.3, -0.25) is 4.90 Å². The number of rotatable bonds is 3. The first kappa shape index (κ1) is 17.9. The molecule has 5 rings (SSSR count). The number of phenolic OH excluding ortho intramolecular Hbond substituents is 1. The fourth-order valence-corrected chi connectivity index (χ4v) is 4.62. The summed E-state index contributed by atoms with van der Waals surface area (Å²) in [5.41, 5.74) is 2.60. The summed E-state index contributed by atoms with van der Waals surface area (Å²) in [5, 5.41) is 19.0. The van der Waals surface area contributed by atoms with E-state index in [9.17, 15) is 5.11 Å². The standard InChI is InChI=1S/C22H16N4OS2/c27-18-14-8-7-13-17(18)19-23-21-26(22(28)25(19)16-11-5-2-6-12-16)24-20(29-21)15-9-3-1-4-10-15/h1-14,19,27H/t19-/m1/s1. The molecule has 0 saturated heterocycles. The number of anilines is 1. The van der Waals surface area contributed by atoms with Gasteiger partial charge >= 0.3 is 0 Å². The van der Waals surface area contributed by atoms with E-state index < -0.39 is 6.17 Å². The first-order valence-electron chi connectivity index (χ1n) is 9.08. The van der Waals surface area contributed by atoms with Crippen molar-refractivity contribution in [2.24, 2.45) is 10.1 Å². The van der Waals surface area contributed by atoms with Gasteiger partial charge in [0.05, 0.1) is 0 Å². The Morgan fingerprint density at radius 3 is 2.24 bits per heavy atom. The van der Waals surface area contributed by atoms with Gasteiger partial charge in [-0.15, -0.1) is 0 Å². The quantitative estimate of drug-likeness (QED) is 0.612. The molecule has 0 fully saturated rings. The zero-order valence-electron chi connectivity index (χ0n) is 15.2. The van der Waals surface area contributed by atoms with Crippen LogP contribution in [0, 0.1) is 0 Å². The normalized spacial score (nSPS) is 18.3. The van der Waals surface area contributed by atoms with Crippen LogP contribution in [-0.2, 0) is 0 Å². The number of aliphatic imine (C=N–C) groups is 1. The van der Waals surface area contributed by atoms with E-state index in [2.05, 4.69) is 0 Å². The van der Waals surface area contributed by atoms with Crippen molar-refractivity contribution >= 4 is 45.0 Å². The van der Waals surface area contributed by atoms with Crippen LogP contribution in [0.5, 0.6) is 5.75 Å². The molecule has 5 nitrogen and oxygen atoms in total. The predicted octanol–water partition coefficient (Wildman–Crippen LogP) is 4.96. The van der Waals surface area contributed by atoms with Crippen LogP contribution in [0.3, 0.4) is 0 Å². The minimum atomic E-state index is -0.477. The van der Waals surface area contributed by atoms with E-state index in [0.717, 1.165) is 16.3 Å². The Bertz CT molecular complexity index is 1130. The number of hydrogen-bond acceptors (Lipinski definition) is 5. The number of fused-ring (bicyclic) bond motifs is 1. The Balaban J connectivity index is 1.62. The van der Waals surface area contributed by atoms with Crippen molar-refractivity contribution in [2.45, 2.75) is 6.17 Å². The molecule has 0 radical (unpaired) electrons. The molecule has 0 saturated carbocycles. The molecule has 2 heterocycles. The Morgan fingerprint density at radius 1 is 0.862 bits per heavy atom. The fourth-order valence-electron chi connectivity index (χ4n) is 3.31. The maximum atomic E-state index is 10.5. The van der Waals surface area contributed by atoms with Crippen molar-refractivity contribution in [2.75, 3.05) is 4.90 Å². The molecule has 29 heavy (non-hydrogen) atoms. The smallest absolute Gasteiger partial charge is 0.205 e. The van der Waals surface area contributed by atoms with Gasteiger partial charge < -0.3 is 5.11 Å². The lowest BCUT2D eigenvalue weighted by Crippen LogP contribution is -2.47. The monoisotopic (exact) mass is 416 g/mol. The van der Waals surface area contributed by atoms with Crippen LogP contribution in [0.25, 0.3) is 0 Å². The lowest BCUT2D eigenvalue weighted by Gasteiger charge is -2.38. The number of hydrazone groups is 1. The minimum Gasteiger partial charge on any atom is -0.508 e. The number of thioether (sulfide) groups is 1. The van der Waals surface area contributed by atoms with E-state index in [1.54, 1.807) is 17.1 Å². The zero-order valence-corrected chi connectivity index (χ0v) is 16.8. The van der Waals surface area contributed by atoms with E-state index in [4.69, 9.17) is 22.3 Å². The number of aromatic hydroxyl groups is 1. The second-order valence-corrected chi connectivity index (χ2v) is 7.84. The summed E-state index contributed by atoms with van der Waals surface area (Å²) >= 11 is 7.32. The number of thiocarbonyl (C=S) groups is 1. The van der Waals surface area contributed by atoms with Crippen molar-refractivity contribution < 1.29 is 5.11 Å². The number of hydrogen-bond donors (Lipinski definition) is 1. The molecule has 0 unspecified atom stereocenters. The molecule has 3 aromatic carbocycles. The number of benzene rings is 3. The Morgan fingerprint density at radius 2 is 1.52 bits per heavy atom. The SMILES string of the molecule is Oc1ccccc1[C@@H]1N=C2SC(c3ccccc3)=NN2C(=S)N1c1ccccc1.